The molecule has 0 aromatic heterocycles. The number of hydrogen-bond acceptors (Lipinski definition) is 10. The fourth-order valence-corrected chi connectivity index (χ4v) is 7.31. The van der Waals surface area contributed by atoms with E-state index in [0.29, 0.717) is 5.56 Å². The van der Waals surface area contributed by atoms with Gasteiger partial charge in [-0.15, -0.1) is 0 Å². The first kappa shape index (κ1) is 40.9. The second-order valence-corrected chi connectivity index (χ2v) is 13.9. The molecule has 1 aliphatic rings. The van der Waals surface area contributed by atoms with Crippen LogP contribution in [-0.2, 0) is 18.9 Å². The number of benzene rings is 6. The molecule has 0 aliphatic carbocycles. The van der Waals surface area contributed by atoms with Crippen molar-refractivity contribution in [3.63, 3.8) is 0 Å². The Morgan fingerprint density at radius 3 is 1.53 bits per heavy atom. The van der Waals surface area contributed by atoms with Gasteiger partial charge in [0.25, 0.3) is 5.79 Å². The summed E-state index contributed by atoms with van der Waals surface area (Å²) in [6.45, 7) is -1.03. The van der Waals surface area contributed by atoms with Crippen molar-refractivity contribution >= 4 is 17.9 Å². The van der Waals surface area contributed by atoms with Crippen molar-refractivity contribution in [1.82, 2.24) is 0 Å². The molecule has 6 aromatic rings. The number of hydrogen-bond donors (Lipinski definition) is 1. The Kier molecular flexibility index (Phi) is 13.3. The first-order chi connectivity index (χ1) is 29.4. The number of carbonyl (C=O) groups excluding carboxylic acids is 3. The van der Waals surface area contributed by atoms with Gasteiger partial charge < -0.3 is 28.8 Å². The Morgan fingerprint density at radius 1 is 0.617 bits per heavy atom. The Labute approximate surface area is 346 Å². The zero-order valence-electron chi connectivity index (χ0n) is 32.3. The van der Waals surface area contributed by atoms with E-state index in [0.717, 1.165) is 11.1 Å². The molecule has 1 fully saturated rings. The Bertz CT molecular complexity index is 2360. The lowest BCUT2D eigenvalue weighted by Crippen LogP contribution is -2.70. The summed E-state index contributed by atoms with van der Waals surface area (Å²) in [6, 6.07) is 51.2. The molecule has 0 unspecified atom stereocenters. The number of nitrogens with zero attached hydrogens (tertiary/aromatic N) is 3. The molecule has 0 bridgehead atoms. The van der Waals surface area contributed by atoms with E-state index in [-0.39, 0.29) is 41.3 Å². The van der Waals surface area contributed by atoms with Crippen LogP contribution in [0.1, 0.15) is 60.1 Å². The van der Waals surface area contributed by atoms with Crippen LogP contribution in [0.3, 0.4) is 0 Å². The molecule has 1 saturated heterocycles. The van der Waals surface area contributed by atoms with Crippen molar-refractivity contribution in [2.75, 3.05) is 13.2 Å². The highest BCUT2D eigenvalue weighted by atomic mass is 16.7. The standard InChI is InChI=1S/C48H41N3O9/c49-51-50-31-30-48(59-39-29-17-16-28-38(39)41(33-18-6-1-7-19-33)34-20-8-2-9-21-34)44(58-47(55)37-26-14-5-15-27-37)43(57-46(54)36-24-12-4-13-25-36)42(40(32-52)60-48)56-45(53)35-22-10-3-11-23-35/h1-29,40-44,52H,30-32H2/t40-,42-,43+,44+,48+/m1/s1. The monoisotopic (exact) mass is 803 g/mol. The van der Waals surface area contributed by atoms with Crippen LogP contribution < -0.4 is 4.74 Å². The number of rotatable bonds is 15. The topological polar surface area (TPSA) is 166 Å². The van der Waals surface area contributed by atoms with Gasteiger partial charge in [0, 0.05) is 29.4 Å². The molecule has 7 rings (SSSR count). The first-order valence-electron chi connectivity index (χ1n) is 19.4. The van der Waals surface area contributed by atoms with Gasteiger partial charge in [0.05, 0.1) is 23.3 Å². The molecule has 5 atom stereocenters. The Balaban J connectivity index is 1.42. The van der Waals surface area contributed by atoms with Crippen molar-refractivity contribution in [3.8, 4) is 5.75 Å². The lowest BCUT2D eigenvalue weighted by molar-refractivity contribution is -0.335. The van der Waals surface area contributed by atoms with Crippen LogP contribution in [0.2, 0.25) is 0 Å². The van der Waals surface area contributed by atoms with E-state index in [1.165, 1.54) is 24.3 Å². The molecule has 1 heterocycles. The van der Waals surface area contributed by atoms with E-state index in [1.54, 1.807) is 78.9 Å². The van der Waals surface area contributed by atoms with E-state index >= 15 is 0 Å². The van der Waals surface area contributed by atoms with Gasteiger partial charge in [-0.05, 0) is 59.1 Å². The smallest absolute Gasteiger partial charge is 0.338 e. The number of aliphatic hydroxyl groups is 1. The lowest BCUT2D eigenvalue weighted by Gasteiger charge is -2.50. The summed E-state index contributed by atoms with van der Waals surface area (Å²) in [7, 11) is 0. The van der Waals surface area contributed by atoms with Gasteiger partial charge >= 0.3 is 17.9 Å². The zero-order valence-corrected chi connectivity index (χ0v) is 32.3. The minimum absolute atomic E-state index is 0.144. The quantitative estimate of drug-likeness (QED) is 0.0267. The van der Waals surface area contributed by atoms with Gasteiger partial charge in [0.15, 0.2) is 12.2 Å². The highest BCUT2D eigenvalue weighted by Crippen LogP contribution is 2.44. The van der Waals surface area contributed by atoms with E-state index in [2.05, 4.69) is 10.0 Å². The number of aliphatic hydroxyl groups excluding tert-OH is 1. The highest BCUT2D eigenvalue weighted by Gasteiger charge is 2.62. The molecule has 60 heavy (non-hydrogen) atoms. The molecule has 1 N–H and O–H groups in total. The Morgan fingerprint density at radius 2 is 1.05 bits per heavy atom. The molecule has 12 nitrogen and oxygen atoms in total. The highest BCUT2D eigenvalue weighted by molar-refractivity contribution is 5.91. The van der Waals surface area contributed by atoms with Gasteiger partial charge in [0.1, 0.15) is 11.9 Å². The third-order valence-electron chi connectivity index (χ3n) is 10.1. The van der Waals surface area contributed by atoms with E-state index in [1.807, 2.05) is 72.8 Å². The van der Waals surface area contributed by atoms with Crippen LogP contribution in [-0.4, -0.2) is 66.4 Å². The van der Waals surface area contributed by atoms with Crippen molar-refractivity contribution in [3.05, 3.63) is 220 Å². The number of para-hydroxylation sites is 1. The largest absolute Gasteiger partial charge is 0.458 e. The third kappa shape index (κ3) is 9.38. The van der Waals surface area contributed by atoms with Crippen molar-refractivity contribution in [2.45, 2.75) is 42.5 Å². The maximum absolute atomic E-state index is 14.2. The number of ether oxygens (including phenoxy) is 5. The summed E-state index contributed by atoms with van der Waals surface area (Å²) in [4.78, 5) is 45.0. The number of carbonyl (C=O) groups is 3. The van der Waals surface area contributed by atoms with Crippen LogP contribution in [0.15, 0.2) is 181 Å². The van der Waals surface area contributed by atoms with Crippen LogP contribution in [0.4, 0.5) is 0 Å². The second-order valence-electron chi connectivity index (χ2n) is 13.9. The molecule has 0 saturated carbocycles. The molecule has 0 amide bonds. The molecular weight excluding hydrogens is 763 g/mol. The number of azide groups is 1. The number of esters is 3. The molecule has 0 radical (unpaired) electrons. The van der Waals surface area contributed by atoms with Gasteiger partial charge in [-0.2, -0.15) is 0 Å². The Hall–Kier alpha value is -7.24. The average molecular weight is 804 g/mol. The SMILES string of the molecule is [N-]=[N+]=NCC[C@]1(Oc2ccccc2C(c2ccccc2)c2ccccc2)O[C@H](CO)[C@@H](OC(=O)c2ccccc2)[C@H](OC(=O)c2ccccc2)[C@@H]1OC(=O)c1ccccc1. The fourth-order valence-electron chi connectivity index (χ4n) is 7.31. The maximum atomic E-state index is 14.2. The van der Waals surface area contributed by atoms with Gasteiger partial charge in [-0.25, -0.2) is 14.4 Å². The van der Waals surface area contributed by atoms with E-state index in [9.17, 15) is 25.0 Å². The molecule has 0 spiro atoms. The normalized spacial score (nSPS) is 19.6. The molecular formula is C48H41N3O9. The summed E-state index contributed by atoms with van der Waals surface area (Å²) in [5, 5.41) is 14.9. The van der Waals surface area contributed by atoms with Crippen LogP contribution >= 0.6 is 0 Å². The van der Waals surface area contributed by atoms with Gasteiger partial charge in [-0.3, -0.25) is 0 Å². The van der Waals surface area contributed by atoms with Crippen molar-refractivity contribution in [1.29, 1.82) is 0 Å². The van der Waals surface area contributed by atoms with E-state index in [4.69, 9.17) is 23.7 Å². The summed E-state index contributed by atoms with van der Waals surface area (Å²) < 4.78 is 32.5. The minimum Gasteiger partial charge on any atom is -0.458 e. The molecule has 6 aromatic carbocycles. The zero-order chi connectivity index (χ0) is 41.7. The van der Waals surface area contributed by atoms with E-state index < -0.39 is 54.7 Å². The summed E-state index contributed by atoms with van der Waals surface area (Å²) >= 11 is 0. The predicted octanol–water partition coefficient (Wildman–Crippen LogP) is 8.71. The average Bonchev–Trinajstić information content (AvgIpc) is 3.30. The van der Waals surface area contributed by atoms with Crippen LogP contribution in [0.5, 0.6) is 5.75 Å². The lowest BCUT2D eigenvalue weighted by atomic mass is 9.84. The molecule has 12 heteroatoms. The van der Waals surface area contributed by atoms with Crippen LogP contribution in [0.25, 0.3) is 10.4 Å². The molecule has 1 aliphatic heterocycles. The summed E-state index contributed by atoms with van der Waals surface area (Å²) in [6.07, 6.45) is -6.66. The minimum atomic E-state index is -2.16. The van der Waals surface area contributed by atoms with Crippen molar-refractivity contribution < 1.29 is 43.2 Å². The fraction of sp³-hybridized carbons (Fsp3) is 0.188. The first-order valence-corrected chi connectivity index (χ1v) is 19.4. The van der Waals surface area contributed by atoms with Gasteiger partial charge in [0.2, 0.25) is 6.10 Å². The summed E-state index contributed by atoms with van der Waals surface area (Å²) in [5.74, 6) is -4.78. The predicted molar refractivity (Wildman–Crippen MR) is 221 cm³/mol. The van der Waals surface area contributed by atoms with Crippen molar-refractivity contribution in [2.24, 2.45) is 5.11 Å². The third-order valence-corrected chi connectivity index (χ3v) is 10.1. The van der Waals surface area contributed by atoms with Gasteiger partial charge in [-0.1, -0.05) is 139 Å². The summed E-state index contributed by atoms with van der Waals surface area (Å²) in [5.41, 5.74) is 12.5. The molecule has 302 valence electrons. The second kappa shape index (κ2) is 19.5. The van der Waals surface area contributed by atoms with Crippen LogP contribution in [0, 0.1) is 0 Å². The maximum Gasteiger partial charge on any atom is 0.338 e.